The fraction of sp³-hybridized carbons (Fsp3) is 0.105. The highest BCUT2D eigenvalue weighted by molar-refractivity contribution is 7.17. The molecule has 0 bridgehead atoms. The summed E-state index contributed by atoms with van der Waals surface area (Å²) >= 11 is 1.37. The van der Waals surface area contributed by atoms with Gasteiger partial charge < -0.3 is 14.8 Å². The minimum Gasteiger partial charge on any atom is -0.486 e. The highest BCUT2D eigenvalue weighted by Gasteiger charge is 2.15. The Balaban J connectivity index is 1.54. The zero-order chi connectivity index (χ0) is 17.2. The first kappa shape index (κ1) is 15.7. The number of anilines is 1. The van der Waals surface area contributed by atoms with Crippen molar-refractivity contribution in [2.75, 3.05) is 18.5 Å². The van der Waals surface area contributed by atoms with Gasteiger partial charge >= 0.3 is 0 Å². The highest BCUT2D eigenvalue weighted by atomic mass is 32.1. The first-order valence-electron chi connectivity index (χ1n) is 7.76. The molecule has 1 N–H and O–H groups in total. The molecule has 0 aliphatic carbocycles. The molecule has 25 heavy (non-hydrogen) atoms. The largest absolute Gasteiger partial charge is 0.486 e. The Hall–Kier alpha value is -2.86. The van der Waals surface area contributed by atoms with Crippen LogP contribution in [-0.4, -0.2) is 19.1 Å². The molecule has 0 unspecified atom stereocenters. The van der Waals surface area contributed by atoms with Gasteiger partial charge in [-0.1, -0.05) is 6.07 Å². The third kappa shape index (κ3) is 3.34. The van der Waals surface area contributed by atoms with E-state index in [9.17, 15) is 9.18 Å². The maximum absolute atomic E-state index is 13.2. The van der Waals surface area contributed by atoms with E-state index in [-0.39, 0.29) is 11.7 Å². The number of hydrogen-bond donors (Lipinski definition) is 1. The van der Waals surface area contributed by atoms with Crippen molar-refractivity contribution < 1.29 is 18.7 Å². The van der Waals surface area contributed by atoms with E-state index in [2.05, 4.69) is 5.32 Å². The summed E-state index contributed by atoms with van der Waals surface area (Å²) in [6, 6.07) is 15.2. The Labute approximate surface area is 147 Å². The molecule has 0 radical (unpaired) electrons. The number of carbonyl (C=O) groups excluding carboxylic acids is 1. The molecule has 6 heteroatoms. The fourth-order valence-electron chi connectivity index (χ4n) is 2.57. The van der Waals surface area contributed by atoms with Gasteiger partial charge in [0.05, 0.1) is 4.88 Å². The van der Waals surface area contributed by atoms with Crippen LogP contribution >= 0.6 is 11.3 Å². The van der Waals surface area contributed by atoms with Crippen molar-refractivity contribution in [2.45, 2.75) is 0 Å². The molecular weight excluding hydrogens is 341 g/mol. The van der Waals surface area contributed by atoms with Gasteiger partial charge in [-0.05, 0) is 54.1 Å². The quantitative estimate of drug-likeness (QED) is 0.748. The van der Waals surface area contributed by atoms with Gasteiger partial charge in [0.15, 0.2) is 11.5 Å². The van der Waals surface area contributed by atoms with Crippen molar-refractivity contribution in [3.05, 3.63) is 65.3 Å². The first-order valence-corrected chi connectivity index (χ1v) is 8.57. The second-order valence-electron chi connectivity index (χ2n) is 5.49. The Morgan fingerprint density at radius 3 is 2.68 bits per heavy atom. The van der Waals surface area contributed by atoms with E-state index in [0.29, 0.717) is 29.5 Å². The minimum absolute atomic E-state index is 0.264. The lowest BCUT2D eigenvalue weighted by Crippen LogP contribution is -2.15. The zero-order valence-corrected chi connectivity index (χ0v) is 13.9. The Morgan fingerprint density at radius 2 is 1.84 bits per heavy atom. The normalized spacial score (nSPS) is 12.7. The van der Waals surface area contributed by atoms with E-state index in [1.165, 1.54) is 23.5 Å². The SMILES string of the molecule is O=C(Nc1cccc(F)c1)c1ccc(-c2ccc3c(c2)OCCO3)s1. The molecule has 1 aliphatic rings. The molecule has 1 aromatic heterocycles. The lowest BCUT2D eigenvalue weighted by Gasteiger charge is -2.18. The van der Waals surface area contributed by atoms with Gasteiger partial charge in [-0.2, -0.15) is 0 Å². The number of fused-ring (bicyclic) bond motifs is 1. The Bertz CT molecular complexity index is 938. The highest BCUT2D eigenvalue weighted by Crippen LogP contribution is 2.37. The molecule has 3 aromatic rings. The van der Waals surface area contributed by atoms with Crippen LogP contribution in [0.2, 0.25) is 0 Å². The summed E-state index contributed by atoms with van der Waals surface area (Å²) in [6.45, 7) is 1.08. The van der Waals surface area contributed by atoms with Crippen molar-refractivity contribution in [2.24, 2.45) is 0 Å². The third-order valence-electron chi connectivity index (χ3n) is 3.74. The Morgan fingerprint density at radius 1 is 1.00 bits per heavy atom. The summed E-state index contributed by atoms with van der Waals surface area (Å²) < 4.78 is 24.3. The number of amides is 1. The lowest BCUT2D eigenvalue weighted by molar-refractivity contribution is 0.103. The first-order chi connectivity index (χ1) is 12.2. The summed E-state index contributed by atoms with van der Waals surface area (Å²) in [6.07, 6.45) is 0. The number of halogens is 1. The van der Waals surface area contributed by atoms with Crippen LogP contribution in [0.3, 0.4) is 0 Å². The molecule has 0 fully saturated rings. The molecule has 1 amide bonds. The fourth-order valence-corrected chi connectivity index (χ4v) is 3.47. The van der Waals surface area contributed by atoms with E-state index in [1.54, 1.807) is 18.2 Å². The molecule has 0 saturated heterocycles. The molecule has 0 atom stereocenters. The zero-order valence-electron chi connectivity index (χ0n) is 13.1. The van der Waals surface area contributed by atoms with Crippen LogP contribution in [0, 0.1) is 5.82 Å². The van der Waals surface area contributed by atoms with Crippen LogP contribution in [-0.2, 0) is 0 Å². The van der Waals surface area contributed by atoms with E-state index in [1.807, 2.05) is 24.3 Å². The van der Waals surface area contributed by atoms with Gasteiger partial charge in [0.2, 0.25) is 0 Å². The molecule has 0 spiro atoms. The summed E-state index contributed by atoms with van der Waals surface area (Å²) in [4.78, 5) is 13.8. The predicted octanol–water partition coefficient (Wildman–Crippen LogP) is 4.58. The van der Waals surface area contributed by atoms with Crippen LogP contribution in [0.25, 0.3) is 10.4 Å². The summed E-state index contributed by atoms with van der Waals surface area (Å²) in [5.74, 6) is 0.791. The maximum Gasteiger partial charge on any atom is 0.265 e. The van der Waals surface area contributed by atoms with Crippen molar-refractivity contribution in [3.8, 4) is 21.9 Å². The molecule has 1 aliphatic heterocycles. The summed E-state index contributed by atoms with van der Waals surface area (Å²) in [5.41, 5.74) is 1.39. The number of ether oxygens (including phenoxy) is 2. The van der Waals surface area contributed by atoms with Gasteiger partial charge in [-0.25, -0.2) is 4.39 Å². The van der Waals surface area contributed by atoms with Gasteiger partial charge in [0, 0.05) is 10.6 Å². The van der Waals surface area contributed by atoms with E-state index >= 15 is 0 Å². The molecule has 2 heterocycles. The molecule has 0 saturated carbocycles. The molecule has 4 nitrogen and oxygen atoms in total. The second kappa shape index (κ2) is 6.57. The van der Waals surface area contributed by atoms with Crippen molar-refractivity contribution in [1.82, 2.24) is 0 Å². The third-order valence-corrected chi connectivity index (χ3v) is 4.87. The number of nitrogens with one attached hydrogen (secondary N) is 1. The van der Waals surface area contributed by atoms with Crippen LogP contribution in [0.15, 0.2) is 54.6 Å². The van der Waals surface area contributed by atoms with Crippen molar-refractivity contribution in [3.63, 3.8) is 0 Å². The smallest absolute Gasteiger partial charge is 0.265 e. The van der Waals surface area contributed by atoms with Gasteiger partial charge in [0.25, 0.3) is 5.91 Å². The second-order valence-corrected chi connectivity index (χ2v) is 6.57. The molecule has 2 aromatic carbocycles. The van der Waals surface area contributed by atoms with Gasteiger partial charge in [-0.3, -0.25) is 4.79 Å². The standard InChI is InChI=1S/C19H14FNO3S/c20-13-2-1-3-14(11-13)21-19(22)18-7-6-17(25-18)12-4-5-15-16(10-12)24-9-8-23-15/h1-7,10-11H,8-9H2,(H,21,22). The number of carbonyl (C=O) groups is 1. The maximum atomic E-state index is 13.2. The predicted molar refractivity (Wildman–Crippen MR) is 95.1 cm³/mol. The molecule has 4 rings (SSSR count). The monoisotopic (exact) mass is 355 g/mol. The van der Waals surface area contributed by atoms with Crippen LogP contribution in [0.4, 0.5) is 10.1 Å². The number of hydrogen-bond acceptors (Lipinski definition) is 4. The topological polar surface area (TPSA) is 47.6 Å². The summed E-state index contributed by atoms with van der Waals surface area (Å²) in [7, 11) is 0. The van der Waals surface area contributed by atoms with Crippen LogP contribution in [0.1, 0.15) is 9.67 Å². The van der Waals surface area contributed by atoms with E-state index in [0.717, 1.165) is 16.2 Å². The molecular formula is C19H14FNO3S. The van der Waals surface area contributed by atoms with Gasteiger partial charge in [-0.15, -0.1) is 11.3 Å². The van der Waals surface area contributed by atoms with Gasteiger partial charge in [0.1, 0.15) is 19.0 Å². The van der Waals surface area contributed by atoms with Crippen LogP contribution < -0.4 is 14.8 Å². The average Bonchev–Trinajstić information content (AvgIpc) is 3.12. The molecule has 126 valence electrons. The average molecular weight is 355 g/mol. The van der Waals surface area contributed by atoms with Crippen molar-refractivity contribution >= 4 is 22.9 Å². The van der Waals surface area contributed by atoms with Crippen molar-refractivity contribution in [1.29, 1.82) is 0 Å². The Kier molecular flexibility index (Phi) is 4.11. The summed E-state index contributed by atoms with van der Waals surface area (Å²) in [5, 5.41) is 2.70. The number of rotatable bonds is 3. The number of benzene rings is 2. The van der Waals surface area contributed by atoms with E-state index in [4.69, 9.17) is 9.47 Å². The number of thiophene rings is 1. The minimum atomic E-state index is -0.388. The lowest BCUT2D eigenvalue weighted by atomic mass is 10.1. The van der Waals surface area contributed by atoms with E-state index < -0.39 is 0 Å². The van der Waals surface area contributed by atoms with Crippen LogP contribution in [0.5, 0.6) is 11.5 Å².